The molecule has 0 radical (unpaired) electrons. The molecule has 2 nitrogen and oxygen atoms in total. The molecule has 1 saturated heterocycles. The predicted molar refractivity (Wildman–Crippen MR) is 123 cm³/mol. The van der Waals surface area contributed by atoms with Gasteiger partial charge in [0, 0.05) is 25.2 Å². The molecule has 0 aromatic carbocycles. The minimum Gasteiger partial charge on any atom is -0.311 e. The fraction of sp³-hybridized carbons (Fsp3) is 0.960. The number of aliphatic imine (C=N–C) groups is 1. The second-order valence-electron chi connectivity index (χ2n) is 8.99. The summed E-state index contributed by atoms with van der Waals surface area (Å²) in [7, 11) is 0. The second kappa shape index (κ2) is 13.7. The first-order valence-corrected chi connectivity index (χ1v) is 11.8. The largest absolute Gasteiger partial charge is 0.311 e. The Balaban J connectivity index is 0.000000239. The normalized spacial score (nSPS) is 32.2. The number of nitrogens with one attached hydrogen (secondary N) is 1. The topological polar surface area (TPSA) is 24.4 Å². The lowest BCUT2D eigenvalue weighted by Crippen LogP contribution is -2.34. The van der Waals surface area contributed by atoms with Gasteiger partial charge < -0.3 is 5.32 Å². The molecule has 4 rings (SSSR count). The highest BCUT2D eigenvalue weighted by Crippen LogP contribution is 2.31. The monoisotopic (exact) mass is 379 g/mol. The molecule has 0 aromatic heterocycles. The lowest BCUT2D eigenvalue weighted by atomic mass is 9.83. The van der Waals surface area contributed by atoms with E-state index >= 15 is 0 Å². The van der Waals surface area contributed by atoms with Gasteiger partial charge in [-0.25, -0.2) is 0 Å². The second-order valence-corrected chi connectivity index (χ2v) is 8.99. The lowest BCUT2D eigenvalue weighted by molar-refractivity contribution is 0.283. The van der Waals surface area contributed by atoms with Crippen LogP contribution in [0.15, 0.2) is 4.99 Å². The molecule has 0 spiro atoms. The molecular weight excluding hydrogens is 328 g/mol. The zero-order valence-corrected chi connectivity index (χ0v) is 17.9. The molecule has 160 valence electrons. The minimum atomic E-state index is 0. The fourth-order valence-corrected chi connectivity index (χ4v) is 5.38. The molecule has 0 bridgehead atoms. The number of hydrogen-bond acceptors (Lipinski definition) is 2. The standard InChI is InChI=1S/C11H21N.C11H19N.C2H6.CH4/c2*1-9-7-8-11(12-9)10-5-3-2-4-6-10;1-2;/h9-12H,2-8H2,1H3;9-10H,2-8H2,1H3;1-2H3;1H4/t9-,11-;9-;;/m00../s1/i;;1D;. The first kappa shape index (κ1) is 22.9. The zero-order valence-electron chi connectivity index (χ0n) is 18.9. The lowest BCUT2D eigenvalue weighted by Gasteiger charge is -2.27. The van der Waals surface area contributed by atoms with Crippen LogP contribution in [0.25, 0.3) is 0 Å². The molecular formula is C25H50N2. The Morgan fingerprint density at radius 3 is 1.93 bits per heavy atom. The van der Waals surface area contributed by atoms with Gasteiger partial charge in [0.05, 0.1) is 0 Å². The summed E-state index contributed by atoms with van der Waals surface area (Å²) in [6.45, 7) is 6.86. The van der Waals surface area contributed by atoms with E-state index in [1.807, 2.05) is 0 Å². The van der Waals surface area contributed by atoms with Crippen LogP contribution in [0.2, 0.25) is 0 Å². The van der Waals surface area contributed by atoms with Gasteiger partial charge in [-0.3, -0.25) is 4.99 Å². The van der Waals surface area contributed by atoms with Gasteiger partial charge in [0.2, 0.25) is 0 Å². The Bertz CT molecular complexity index is 408. The van der Waals surface area contributed by atoms with Crippen LogP contribution in [0.4, 0.5) is 0 Å². The van der Waals surface area contributed by atoms with Crippen LogP contribution in [-0.4, -0.2) is 23.8 Å². The summed E-state index contributed by atoms with van der Waals surface area (Å²) in [5.74, 6) is 1.90. The van der Waals surface area contributed by atoms with Crippen molar-refractivity contribution in [2.24, 2.45) is 16.8 Å². The first-order chi connectivity index (χ1) is 13.1. The molecule has 27 heavy (non-hydrogen) atoms. The van der Waals surface area contributed by atoms with E-state index in [4.69, 9.17) is 6.36 Å². The average molecular weight is 380 g/mol. The molecule has 2 saturated carbocycles. The average Bonchev–Trinajstić information content (AvgIpc) is 3.33. The molecule has 3 fully saturated rings. The van der Waals surface area contributed by atoms with Crippen molar-refractivity contribution in [3.05, 3.63) is 0 Å². The Hall–Kier alpha value is -0.370. The Morgan fingerprint density at radius 1 is 0.852 bits per heavy atom. The number of hydrogen-bond donors (Lipinski definition) is 1. The van der Waals surface area contributed by atoms with E-state index in [1.165, 1.54) is 89.9 Å². The quantitative estimate of drug-likeness (QED) is 0.526. The van der Waals surface area contributed by atoms with E-state index in [0.29, 0.717) is 12.9 Å². The Kier molecular flexibility index (Phi) is 11.7. The summed E-state index contributed by atoms with van der Waals surface area (Å²) in [4.78, 5) is 4.73. The van der Waals surface area contributed by atoms with Gasteiger partial charge in [-0.1, -0.05) is 59.8 Å². The van der Waals surface area contributed by atoms with Crippen molar-refractivity contribution in [1.82, 2.24) is 5.32 Å². The van der Waals surface area contributed by atoms with Crippen molar-refractivity contribution in [3.8, 4) is 0 Å². The summed E-state index contributed by atoms with van der Waals surface area (Å²) < 4.78 is 6.21. The third kappa shape index (κ3) is 8.26. The third-order valence-electron chi connectivity index (χ3n) is 6.91. The smallest absolute Gasteiger partial charge is 0.0474 e. The van der Waals surface area contributed by atoms with Crippen LogP contribution in [0.3, 0.4) is 0 Å². The van der Waals surface area contributed by atoms with Crippen LogP contribution in [-0.2, 0) is 0 Å². The minimum absolute atomic E-state index is 0. The molecule has 3 atom stereocenters. The summed E-state index contributed by atoms with van der Waals surface area (Å²) in [6, 6.07) is 2.29. The van der Waals surface area contributed by atoms with E-state index in [2.05, 4.69) is 19.2 Å². The predicted octanol–water partition coefficient (Wildman–Crippen LogP) is 7.56. The van der Waals surface area contributed by atoms with Crippen molar-refractivity contribution < 1.29 is 1.37 Å². The van der Waals surface area contributed by atoms with Crippen LogP contribution >= 0.6 is 0 Å². The van der Waals surface area contributed by atoms with Crippen LogP contribution in [0.1, 0.15) is 126 Å². The van der Waals surface area contributed by atoms with Gasteiger partial charge in [-0.2, -0.15) is 0 Å². The van der Waals surface area contributed by atoms with Crippen LogP contribution in [0, 0.1) is 11.8 Å². The fourth-order valence-electron chi connectivity index (χ4n) is 5.38. The van der Waals surface area contributed by atoms with Crippen LogP contribution < -0.4 is 5.32 Å². The summed E-state index contributed by atoms with van der Waals surface area (Å²) in [5.41, 5.74) is 1.56. The van der Waals surface area contributed by atoms with E-state index in [9.17, 15) is 0 Å². The van der Waals surface area contributed by atoms with E-state index in [-0.39, 0.29) is 7.43 Å². The maximum atomic E-state index is 6.21. The molecule has 1 N–H and O–H groups in total. The SMILES string of the molecule is C.C[C@H]1CCC(C2CCCCC2)=N1.C[C@H]1CC[C@@H](C2CCCCC2)N1.[2H]CC. The molecule has 2 aliphatic heterocycles. The van der Waals surface area contributed by atoms with Gasteiger partial charge in [-0.15, -0.1) is 0 Å². The highest BCUT2D eigenvalue weighted by atomic mass is 15.0. The molecule has 0 aromatic rings. The molecule has 0 unspecified atom stereocenters. The first-order valence-electron chi connectivity index (χ1n) is 12.5. The van der Waals surface area contributed by atoms with Crippen molar-refractivity contribution >= 4 is 5.71 Å². The summed E-state index contributed by atoms with van der Waals surface area (Å²) >= 11 is 0. The van der Waals surface area contributed by atoms with Gasteiger partial charge >= 0.3 is 0 Å². The Labute approximate surface area is 172 Å². The molecule has 2 aliphatic carbocycles. The third-order valence-corrected chi connectivity index (χ3v) is 6.91. The van der Waals surface area contributed by atoms with E-state index in [0.717, 1.165) is 23.9 Å². The van der Waals surface area contributed by atoms with Crippen molar-refractivity contribution in [2.45, 2.75) is 143 Å². The molecule has 2 heteroatoms. The molecule has 4 aliphatic rings. The number of rotatable bonds is 2. The number of nitrogens with zero attached hydrogens (tertiary/aromatic N) is 1. The van der Waals surface area contributed by atoms with Gasteiger partial charge in [0.1, 0.15) is 0 Å². The van der Waals surface area contributed by atoms with E-state index in [1.54, 1.807) is 12.6 Å². The van der Waals surface area contributed by atoms with Crippen molar-refractivity contribution in [1.29, 1.82) is 0 Å². The van der Waals surface area contributed by atoms with Crippen molar-refractivity contribution in [3.63, 3.8) is 0 Å². The molecule has 2 heterocycles. The maximum Gasteiger partial charge on any atom is 0.0474 e. The maximum absolute atomic E-state index is 6.21. The Morgan fingerprint density at radius 2 is 1.44 bits per heavy atom. The summed E-state index contributed by atoms with van der Waals surface area (Å²) in [6.07, 6.45) is 20.1. The van der Waals surface area contributed by atoms with E-state index < -0.39 is 0 Å². The van der Waals surface area contributed by atoms with Crippen LogP contribution in [0.5, 0.6) is 0 Å². The summed E-state index contributed by atoms with van der Waals surface area (Å²) in [5, 5.41) is 3.72. The van der Waals surface area contributed by atoms with Gasteiger partial charge in [-0.05, 0) is 77.0 Å². The highest BCUT2D eigenvalue weighted by molar-refractivity contribution is 5.88. The van der Waals surface area contributed by atoms with Crippen molar-refractivity contribution in [2.75, 3.05) is 0 Å². The van der Waals surface area contributed by atoms with Gasteiger partial charge in [0.15, 0.2) is 0 Å². The zero-order chi connectivity index (χ0) is 19.5. The molecule has 0 amide bonds. The van der Waals surface area contributed by atoms with Gasteiger partial charge in [0.25, 0.3) is 0 Å². The highest BCUT2D eigenvalue weighted by Gasteiger charge is 2.28.